The second-order valence-electron chi connectivity index (χ2n) is 7.46. The average Bonchev–Trinajstić information content (AvgIpc) is 3.41. The van der Waals surface area contributed by atoms with Gasteiger partial charge in [-0.15, -0.1) is 0 Å². The molecule has 1 amide bonds. The summed E-state index contributed by atoms with van der Waals surface area (Å²) in [6.07, 6.45) is 5.04. The van der Waals surface area contributed by atoms with E-state index in [1.54, 1.807) is 84.9 Å². The summed E-state index contributed by atoms with van der Waals surface area (Å²) in [4.78, 5) is 19.9. The predicted molar refractivity (Wildman–Crippen MR) is 120 cm³/mol. The van der Waals surface area contributed by atoms with Gasteiger partial charge in [-0.3, -0.25) is 14.5 Å². The van der Waals surface area contributed by atoms with E-state index in [0.717, 1.165) is 27.4 Å². The van der Waals surface area contributed by atoms with E-state index in [0.29, 0.717) is 5.69 Å². The van der Waals surface area contributed by atoms with Gasteiger partial charge < -0.3 is 10.3 Å². The van der Waals surface area contributed by atoms with Gasteiger partial charge in [0.15, 0.2) is 0 Å². The molecule has 5 aromatic rings. The lowest BCUT2D eigenvalue weighted by Crippen LogP contribution is -2.23. The van der Waals surface area contributed by atoms with E-state index >= 15 is 0 Å². The molecule has 0 fully saturated rings. The third-order valence-corrected chi connectivity index (χ3v) is 7.15. The minimum absolute atomic E-state index is 0.192. The average molecular weight is 446 g/mol. The lowest BCUT2D eigenvalue weighted by atomic mass is 10.2. The van der Waals surface area contributed by atoms with E-state index < -0.39 is 9.84 Å². The molecule has 2 N–H and O–H groups in total. The number of hydrogen-bond donors (Lipinski definition) is 2. The zero-order valence-corrected chi connectivity index (χ0v) is 17.9. The first-order valence-corrected chi connectivity index (χ1v) is 11.4. The minimum atomic E-state index is -3.67. The van der Waals surface area contributed by atoms with Crippen LogP contribution < -0.4 is 5.32 Å². The number of aryl methyl sites for hydroxylation is 1. The van der Waals surface area contributed by atoms with Crippen molar-refractivity contribution in [1.29, 1.82) is 0 Å². The fraction of sp³-hybridized carbons (Fsp3) is 0.0870. The Morgan fingerprint density at radius 3 is 2.56 bits per heavy atom. The lowest BCUT2D eigenvalue weighted by molar-refractivity contribution is 0.0946. The molecule has 0 aliphatic rings. The number of benzene rings is 2. The molecular formula is C23H19N5O3S. The molecule has 5 rings (SSSR count). The van der Waals surface area contributed by atoms with Crippen LogP contribution in [0.1, 0.15) is 16.1 Å². The van der Waals surface area contributed by atoms with Crippen molar-refractivity contribution < 1.29 is 13.2 Å². The first kappa shape index (κ1) is 20.0. The second kappa shape index (κ2) is 7.61. The number of hydrogen-bond acceptors (Lipinski definition) is 5. The van der Waals surface area contributed by atoms with Crippen molar-refractivity contribution in [2.75, 3.05) is 0 Å². The molecule has 0 saturated heterocycles. The zero-order valence-electron chi connectivity index (χ0n) is 17.1. The largest absolute Gasteiger partial charge is 0.350 e. The Kier molecular flexibility index (Phi) is 4.75. The van der Waals surface area contributed by atoms with Crippen molar-refractivity contribution in [3.05, 3.63) is 84.4 Å². The van der Waals surface area contributed by atoms with E-state index in [9.17, 15) is 13.2 Å². The van der Waals surface area contributed by atoms with Crippen molar-refractivity contribution in [1.82, 2.24) is 25.1 Å². The quantitative estimate of drug-likeness (QED) is 0.432. The molecular weight excluding hydrogens is 426 g/mol. The van der Waals surface area contributed by atoms with Gasteiger partial charge in [-0.1, -0.05) is 12.1 Å². The van der Waals surface area contributed by atoms with E-state index in [1.165, 1.54) is 0 Å². The van der Waals surface area contributed by atoms with Crippen LogP contribution in [0, 0.1) is 0 Å². The third kappa shape index (κ3) is 3.52. The molecule has 0 atom stereocenters. The molecule has 0 saturated carbocycles. The topological polar surface area (TPSA) is 110 Å². The van der Waals surface area contributed by atoms with Gasteiger partial charge in [0, 0.05) is 42.3 Å². The van der Waals surface area contributed by atoms with Gasteiger partial charge in [0.2, 0.25) is 9.84 Å². The van der Waals surface area contributed by atoms with Gasteiger partial charge in [0.05, 0.1) is 21.5 Å². The summed E-state index contributed by atoms with van der Waals surface area (Å²) in [5.41, 5.74) is 2.82. The molecule has 9 heteroatoms. The van der Waals surface area contributed by atoms with Gasteiger partial charge in [-0.05, 0) is 48.0 Å². The van der Waals surface area contributed by atoms with Crippen molar-refractivity contribution in [3.63, 3.8) is 0 Å². The molecule has 0 spiro atoms. The number of nitrogens with zero attached hydrogens (tertiary/aromatic N) is 3. The molecule has 32 heavy (non-hydrogen) atoms. The number of pyridine rings is 1. The van der Waals surface area contributed by atoms with Crippen molar-refractivity contribution in [2.45, 2.75) is 16.3 Å². The minimum Gasteiger partial charge on any atom is -0.350 e. The molecule has 0 radical (unpaired) electrons. The fourth-order valence-corrected chi connectivity index (χ4v) is 4.87. The summed E-state index contributed by atoms with van der Waals surface area (Å²) < 4.78 is 27.7. The number of carbonyl (C=O) groups excluding carboxylic acids is 1. The highest BCUT2D eigenvalue weighted by Gasteiger charge is 2.19. The zero-order chi connectivity index (χ0) is 22.3. The Labute approximate surface area is 183 Å². The smallest absolute Gasteiger partial charge is 0.267 e. The lowest BCUT2D eigenvalue weighted by Gasteiger charge is -2.08. The first-order chi connectivity index (χ1) is 15.4. The van der Waals surface area contributed by atoms with E-state index in [4.69, 9.17) is 0 Å². The molecule has 2 aromatic carbocycles. The summed E-state index contributed by atoms with van der Waals surface area (Å²) in [5, 5.41) is 8.73. The van der Waals surface area contributed by atoms with Gasteiger partial charge >= 0.3 is 0 Å². The molecule has 0 aliphatic carbocycles. The maximum absolute atomic E-state index is 13.0. The van der Waals surface area contributed by atoms with E-state index in [-0.39, 0.29) is 22.2 Å². The molecule has 0 unspecified atom stereocenters. The van der Waals surface area contributed by atoms with Crippen LogP contribution in [-0.4, -0.2) is 34.1 Å². The Hall–Kier alpha value is -3.98. The standard InChI is InChI=1S/C23H19N5O3S/c1-28-22-11-19(7-4-16(22)14-26-28)32(30,31)18-5-2-15(3-6-18)12-25-23(29)21-10-17-13-24-9-8-20(17)27-21/h2-11,13-14,27H,12H2,1H3,(H,25,29). The van der Waals surface area contributed by atoms with Crippen molar-refractivity contribution >= 4 is 37.6 Å². The highest BCUT2D eigenvalue weighted by atomic mass is 32.2. The third-order valence-electron chi connectivity index (χ3n) is 5.38. The number of H-pyrrole nitrogens is 1. The number of fused-ring (bicyclic) bond motifs is 2. The predicted octanol–water partition coefficient (Wildman–Crippen LogP) is 3.21. The van der Waals surface area contributed by atoms with Crippen LogP contribution in [0.4, 0.5) is 0 Å². The molecule has 0 aliphatic heterocycles. The van der Waals surface area contributed by atoms with E-state index in [1.807, 2.05) is 0 Å². The maximum Gasteiger partial charge on any atom is 0.267 e. The Morgan fingerprint density at radius 1 is 1.00 bits per heavy atom. The molecule has 3 heterocycles. The van der Waals surface area contributed by atoms with Crippen LogP contribution in [0.3, 0.4) is 0 Å². The van der Waals surface area contributed by atoms with Gasteiger partial charge in [-0.2, -0.15) is 5.10 Å². The number of rotatable bonds is 5. The molecule has 3 aromatic heterocycles. The monoisotopic (exact) mass is 445 g/mol. The van der Waals surface area contributed by atoms with Crippen LogP contribution in [0.5, 0.6) is 0 Å². The van der Waals surface area contributed by atoms with Gasteiger partial charge in [0.25, 0.3) is 5.91 Å². The number of sulfone groups is 1. The number of nitrogens with one attached hydrogen (secondary N) is 2. The second-order valence-corrected chi connectivity index (χ2v) is 9.41. The van der Waals surface area contributed by atoms with Gasteiger partial charge in [0.1, 0.15) is 5.69 Å². The van der Waals surface area contributed by atoms with Crippen molar-refractivity contribution in [3.8, 4) is 0 Å². The number of aromatic amines is 1. The highest BCUT2D eigenvalue weighted by Crippen LogP contribution is 2.25. The van der Waals surface area contributed by atoms with Crippen LogP contribution >= 0.6 is 0 Å². The molecule has 8 nitrogen and oxygen atoms in total. The number of carbonyl (C=O) groups is 1. The fourth-order valence-electron chi connectivity index (χ4n) is 3.59. The SMILES string of the molecule is Cn1ncc2ccc(S(=O)(=O)c3ccc(CNC(=O)c4cc5cnccc5[nH]4)cc3)cc21. The maximum atomic E-state index is 13.0. The summed E-state index contributed by atoms with van der Waals surface area (Å²) in [7, 11) is -1.90. The summed E-state index contributed by atoms with van der Waals surface area (Å²) in [6.45, 7) is 0.272. The van der Waals surface area contributed by atoms with Crippen LogP contribution in [0.15, 0.2) is 83.0 Å². The molecule has 160 valence electrons. The number of aromatic nitrogens is 4. The van der Waals surface area contributed by atoms with Gasteiger partial charge in [-0.25, -0.2) is 8.42 Å². The van der Waals surface area contributed by atoms with Crippen LogP contribution in [-0.2, 0) is 23.4 Å². The Balaban J connectivity index is 1.31. The van der Waals surface area contributed by atoms with Crippen LogP contribution in [0.2, 0.25) is 0 Å². The summed E-state index contributed by atoms with van der Waals surface area (Å²) in [5.74, 6) is -0.248. The van der Waals surface area contributed by atoms with Crippen molar-refractivity contribution in [2.24, 2.45) is 7.05 Å². The highest BCUT2D eigenvalue weighted by molar-refractivity contribution is 7.91. The Bertz CT molecular complexity index is 1530. The van der Waals surface area contributed by atoms with E-state index in [2.05, 4.69) is 20.4 Å². The Morgan fingerprint density at radius 2 is 1.78 bits per heavy atom. The number of amides is 1. The summed E-state index contributed by atoms with van der Waals surface area (Å²) >= 11 is 0. The first-order valence-electron chi connectivity index (χ1n) is 9.88. The normalized spacial score (nSPS) is 11.8. The summed E-state index contributed by atoms with van der Waals surface area (Å²) in [6, 6.07) is 15.0. The molecule has 0 bridgehead atoms. The van der Waals surface area contributed by atoms with Crippen LogP contribution in [0.25, 0.3) is 21.8 Å².